The number of para-hydroxylation sites is 1. The predicted octanol–water partition coefficient (Wildman–Crippen LogP) is 3.55. The predicted molar refractivity (Wildman–Crippen MR) is 93.4 cm³/mol. The highest BCUT2D eigenvalue weighted by Crippen LogP contribution is 2.15. The maximum Gasteiger partial charge on any atom is 0.338 e. The molecule has 0 N–H and O–H groups in total. The van der Waals surface area contributed by atoms with Crippen LogP contribution < -0.4 is 4.90 Å². The Morgan fingerprint density at radius 3 is 2.38 bits per heavy atom. The minimum Gasteiger partial charge on any atom is -0.452 e. The van der Waals surface area contributed by atoms with Crippen LogP contribution >= 0.6 is 15.9 Å². The molecule has 0 radical (unpaired) electrons. The molecule has 0 spiro atoms. The summed E-state index contributed by atoms with van der Waals surface area (Å²) in [6.07, 6.45) is 0.196. The summed E-state index contributed by atoms with van der Waals surface area (Å²) in [5, 5.41) is 8.76. The number of hydrogen-bond acceptors (Lipinski definition) is 4. The molecule has 0 aliphatic carbocycles. The van der Waals surface area contributed by atoms with E-state index in [1.165, 1.54) is 4.90 Å². The third-order valence-electron chi connectivity index (χ3n) is 3.22. The number of carbonyl (C=O) groups is 2. The largest absolute Gasteiger partial charge is 0.452 e. The van der Waals surface area contributed by atoms with Crippen molar-refractivity contribution in [1.82, 2.24) is 0 Å². The molecule has 2 aromatic rings. The van der Waals surface area contributed by atoms with E-state index >= 15 is 0 Å². The van der Waals surface area contributed by atoms with E-state index in [-0.39, 0.29) is 25.5 Å². The van der Waals surface area contributed by atoms with Gasteiger partial charge in [0.25, 0.3) is 5.91 Å². The normalized spacial score (nSPS) is 9.83. The van der Waals surface area contributed by atoms with E-state index in [0.717, 1.165) is 4.47 Å². The van der Waals surface area contributed by atoms with Gasteiger partial charge in [-0.2, -0.15) is 5.26 Å². The molecule has 0 saturated heterocycles. The first kappa shape index (κ1) is 17.7. The highest BCUT2D eigenvalue weighted by molar-refractivity contribution is 9.10. The second kappa shape index (κ2) is 8.85. The highest BCUT2D eigenvalue weighted by Gasteiger charge is 2.17. The van der Waals surface area contributed by atoms with Crippen molar-refractivity contribution in [2.45, 2.75) is 6.42 Å². The number of halogens is 1. The van der Waals surface area contributed by atoms with Crippen LogP contribution in [0.5, 0.6) is 0 Å². The summed E-state index contributed by atoms with van der Waals surface area (Å²) in [5.41, 5.74) is 1.03. The molecule has 0 heterocycles. The first-order valence-electron chi connectivity index (χ1n) is 7.27. The van der Waals surface area contributed by atoms with Crippen LogP contribution in [0.15, 0.2) is 59.1 Å². The monoisotopic (exact) mass is 386 g/mol. The number of carbonyl (C=O) groups excluding carboxylic acids is 2. The fourth-order valence-electron chi connectivity index (χ4n) is 2.04. The number of benzene rings is 2. The molecule has 2 rings (SSSR count). The van der Waals surface area contributed by atoms with E-state index < -0.39 is 5.97 Å². The van der Waals surface area contributed by atoms with Gasteiger partial charge in [0, 0.05) is 16.7 Å². The van der Waals surface area contributed by atoms with Gasteiger partial charge in [0.15, 0.2) is 6.61 Å². The standard InChI is InChI=1S/C18H15BrN2O3/c19-15-9-7-14(8-10-15)18(23)24-13-17(22)21(12-4-11-20)16-5-2-1-3-6-16/h1-3,5-10H,4,12-13H2. The summed E-state index contributed by atoms with van der Waals surface area (Å²) in [6, 6.07) is 17.7. The van der Waals surface area contributed by atoms with Gasteiger partial charge in [-0.1, -0.05) is 34.1 Å². The topological polar surface area (TPSA) is 70.4 Å². The molecule has 0 saturated carbocycles. The number of rotatable bonds is 6. The van der Waals surface area contributed by atoms with Crippen molar-refractivity contribution in [3.05, 3.63) is 64.6 Å². The molecule has 0 aliphatic rings. The van der Waals surface area contributed by atoms with Gasteiger partial charge in [-0.15, -0.1) is 0 Å². The van der Waals surface area contributed by atoms with Gasteiger partial charge < -0.3 is 9.64 Å². The van der Waals surface area contributed by atoms with Crippen LogP contribution in [0.4, 0.5) is 5.69 Å². The molecule has 6 heteroatoms. The molecule has 0 aliphatic heterocycles. The molecular formula is C18H15BrN2O3. The zero-order valence-corrected chi connectivity index (χ0v) is 14.4. The molecule has 0 unspecified atom stereocenters. The summed E-state index contributed by atoms with van der Waals surface area (Å²) in [5.74, 6) is -0.939. The lowest BCUT2D eigenvalue weighted by Gasteiger charge is -2.21. The molecule has 5 nitrogen and oxygen atoms in total. The lowest BCUT2D eigenvalue weighted by atomic mass is 10.2. The molecule has 0 fully saturated rings. The number of anilines is 1. The first-order valence-corrected chi connectivity index (χ1v) is 8.06. The van der Waals surface area contributed by atoms with Crippen LogP contribution in [0.25, 0.3) is 0 Å². The Morgan fingerprint density at radius 1 is 1.08 bits per heavy atom. The molecule has 0 aromatic heterocycles. The summed E-state index contributed by atoms with van der Waals surface area (Å²) in [6.45, 7) is -0.135. The van der Waals surface area contributed by atoms with Gasteiger partial charge in [0.2, 0.25) is 0 Å². The van der Waals surface area contributed by atoms with Crippen molar-refractivity contribution in [2.75, 3.05) is 18.1 Å². The Labute approximate surface area is 148 Å². The summed E-state index contributed by atoms with van der Waals surface area (Å²) in [7, 11) is 0. The quantitative estimate of drug-likeness (QED) is 0.711. The Balaban J connectivity index is 2.01. The van der Waals surface area contributed by atoms with E-state index in [2.05, 4.69) is 15.9 Å². The lowest BCUT2D eigenvalue weighted by Crippen LogP contribution is -2.35. The van der Waals surface area contributed by atoms with Crippen LogP contribution in [0.2, 0.25) is 0 Å². The minimum atomic E-state index is -0.566. The van der Waals surface area contributed by atoms with Crippen molar-refractivity contribution in [1.29, 1.82) is 5.26 Å². The lowest BCUT2D eigenvalue weighted by molar-refractivity contribution is -0.121. The second-order valence-electron chi connectivity index (χ2n) is 4.87. The van der Waals surface area contributed by atoms with E-state index in [4.69, 9.17) is 10.00 Å². The zero-order chi connectivity index (χ0) is 17.4. The maximum absolute atomic E-state index is 12.4. The maximum atomic E-state index is 12.4. The summed E-state index contributed by atoms with van der Waals surface area (Å²) < 4.78 is 5.93. The van der Waals surface area contributed by atoms with Gasteiger partial charge in [0.05, 0.1) is 18.1 Å². The Morgan fingerprint density at radius 2 is 1.75 bits per heavy atom. The van der Waals surface area contributed by atoms with Gasteiger partial charge in [-0.25, -0.2) is 4.79 Å². The first-order chi connectivity index (χ1) is 11.6. The Hall–Kier alpha value is -2.65. The van der Waals surface area contributed by atoms with Crippen molar-refractivity contribution < 1.29 is 14.3 Å². The summed E-state index contributed by atoms with van der Waals surface area (Å²) in [4.78, 5) is 25.8. The molecule has 122 valence electrons. The number of hydrogen-bond donors (Lipinski definition) is 0. The number of nitriles is 1. The second-order valence-corrected chi connectivity index (χ2v) is 5.79. The van der Waals surface area contributed by atoms with Crippen LogP contribution in [-0.2, 0) is 9.53 Å². The Kier molecular flexibility index (Phi) is 6.52. The van der Waals surface area contributed by atoms with Crippen LogP contribution in [0.1, 0.15) is 16.8 Å². The molecular weight excluding hydrogens is 372 g/mol. The number of ether oxygens (including phenoxy) is 1. The Bertz CT molecular complexity index is 739. The van der Waals surface area contributed by atoms with Crippen molar-refractivity contribution >= 4 is 33.5 Å². The summed E-state index contributed by atoms with van der Waals surface area (Å²) >= 11 is 3.29. The van der Waals surface area contributed by atoms with Gasteiger partial charge in [0.1, 0.15) is 0 Å². The zero-order valence-electron chi connectivity index (χ0n) is 12.8. The van der Waals surface area contributed by atoms with Gasteiger partial charge >= 0.3 is 5.97 Å². The van der Waals surface area contributed by atoms with Crippen LogP contribution in [-0.4, -0.2) is 25.0 Å². The van der Waals surface area contributed by atoms with Crippen LogP contribution in [0, 0.1) is 11.3 Å². The van der Waals surface area contributed by atoms with Crippen molar-refractivity contribution in [3.63, 3.8) is 0 Å². The fourth-order valence-corrected chi connectivity index (χ4v) is 2.31. The number of nitrogens with zero attached hydrogens (tertiary/aromatic N) is 2. The third-order valence-corrected chi connectivity index (χ3v) is 3.75. The smallest absolute Gasteiger partial charge is 0.338 e. The van der Waals surface area contributed by atoms with E-state index in [0.29, 0.717) is 11.3 Å². The molecule has 0 bridgehead atoms. The SMILES string of the molecule is N#CCCN(C(=O)COC(=O)c1ccc(Br)cc1)c1ccccc1. The van der Waals surface area contributed by atoms with E-state index in [1.54, 1.807) is 48.5 Å². The van der Waals surface area contributed by atoms with E-state index in [1.807, 2.05) is 12.1 Å². The van der Waals surface area contributed by atoms with Gasteiger partial charge in [-0.3, -0.25) is 4.79 Å². The minimum absolute atomic E-state index is 0.196. The fraction of sp³-hybridized carbons (Fsp3) is 0.167. The molecule has 2 aromatic carbocycles. The molecule has 1 amide bonds. The van der Waals surface area contributed by atoms with Crippen molar-refractivity contribution in [3.8, 4) is 6.07 Å². The molecule has 24 heavy (non-hydrogen) atoms. The van der Waals surface area contributed by atoms with Gasteiger partial charge in [-0.05, 0) is 36.4 Å². The van der Waals surface area contributed by atoms with E-state index in [9.17, 15) is 9.59 Å². The van der Waals surface area contributed by atoms with Crippen molar-refractivity contribution in [2.24, 2.45) is 0 Å². The van der Waals surface area contributed by atoms with Crippen LogP contribution in [0.3, 0.4) is 0 Å². The number of esters is 1. The number of amides is 1. The average Bonchev–Trinajstić information content (AvgIpc) is 2.61. The molecule has 0 atom stereocenters. The third kappa shape index (κ3) is 4.93. The average molecular weight is 387 g/mol. The highest BCUT2D eigenvalue weighted by atomic mass is 79.9.